The number of nitrogens with zero attached hydrogens (tertiary/aromatic N) is 1. The first-order chi connectivity index (χ1) is 8.43. The highest BCUT2D eigenvalue weighted by Crippen LogP contribution is 2.28. The number of hydrogen-bond acceptors (Lipinski definition) is 3. The fraction of sp³-hybridized carbons (Fsp3) is 0.0714. The summed E-state index contributed by atoms with van der Waals surface area (Å²) in [5.41, 5.74) is 1.16. The molecule has 84 valence electrons. The Kier molecular flexibility index (Phi) is 2.76. The van der Waals surface area contributed by atoms with E-state index in [1.54, 1.807) is 0 Å². The summed E-state index contributed by atoms with van der Waals surface area (Å²) in [4.78, 5) is 0. The van der Waals surface area contributed by atoms with E-state index in [1.807, 2.05) is 36.4 Å². The number of fused-ring (bicyclic) bond motifs is 1. The molecule has 0 saturated heterocycles. The van der Waals surface area contributed by atoms with Gasteiger partial charge < -0.3 is 4.74 Å². The van der Waals surface area contributed by atoms with Gasteiger partial charge in [0.05, 0.1) is 10.1 Å². The normalized spacial score (nSPS) is 10.6. The van der Waals surface area contributed by atoms with E-state index in [1.165, 1.54) is 11.5 Å². The van der Waals surface area contributed by atoms with Crippen LogP contribution in [0.3, 0.4) is 0 Å². The lowest BCUT2D eigenvalue weighted by Crippen LogP contribution is -1.94. The average molecular weight is 241 g/mol. The second-order valence-corrected chi connectivity index (χ2v) is 4.56. The Bertz CT molecular complexity index is 618. The van der Waals surface area contributed by atoms with Crippen molar-refractivity contribution in [3.63, 3.8) is 0 Å². The van der Waals surface area contributed by atoms with Crippen LogP contribution in [0, 0.1) is 0 Å². The summed E-state index contributed by atoms with van der Waals surface area (Å²) in [6.45, 7) is 0.564. The zero-order chi connectivity index (χ0) is 11.5. The SMILES string of the molecule is c1ccc(COc2nsc3ccccc23)cc1. The Morgan fingerprint density at radius 2 is 1.71 bits per heavy atom. The number of rotatable bonds is 3. The minimum Gasteiger partial charge on any atom is -0.472 e. The molecule has 0 fully saturated rings. The summed E-state index contributed by atoms with van der Waals surface area (Å²) in [6.07, 6.45) is 0. The third kappa shape index (κ3) is 2.15. The van der Waals surface area contributed by atoms with Crippen LogP contribution in [0.15, 0.2) is 54.6 Å². The van der Waals surface area contributed by atoms with Gasteiger partial charge in [0, 0.05) is 0 Å². The molecule has 0 bridgehead atoms. The first kappa shape index (κ1) is 10.3. The van der Waals surface area contributed by atoms with E-state index >= 15 is 0 Å². The van der Waals surface area contributed by atoms with Gasteiger partial charge in [-0.1, -0.05) is 42.5 Å². The molecule has 0 spiro atoms. The number of aromatic nitrogens is 1. The Morgan fingerprint density at radius 3 is 2.59 bits per heavy atom. The molecule has 2 nitrogen and oxygen atoms in total. The Balaban J connectivity index is 1.82. The van der Waals surface area contributed by atoms with Crippen LogP contribution in [-0.2, 0) is 6.61 Å². The van der Waals surface area contributed by atoms with Crippen LogP contribution < -0.4 is 4.74 Å². The van der Waals surface area contributed by atoms with Crippen molar-refractivity contribution in [2.24, 2.45) is 0 Å². The van der Waals surface area contributed by atoms with E-state index in [0.29, 0.717) is 6.61 Å². The molecule has 2 aromatic carbocycles. The van der Waals surface area contributed by atoms with Crippen LogP contribution in [0.1, 0.15) is 5.56 Å². The van der Waals surface area contributed by atoms with Gasteiger partial charge in [-0.15, -0.1) is 0 Å². The molecule has 0 aliphatic rings. The molecule has 0 atom stereocenters. The Morgan fingerprint density at radius 1 is 0.941 bits per heavy atom. The van der Waals surface area contributed by atoms with Gasteiger partial charge in [0.1, 0.15) is 6.61 Å². The molecular formula is C14H11NOS. The molecule has 1 heterocycles. The molecule has 0 aliphatic carbocycles. The topological polar surface area (TPSA) is 22.1 Å². The summed E-state index contributed by atoms with van der Waals surface area (Å²) in [5, 5.41) is 1.09. The molecule has 3 aromatic rings. The molecule has 1 aromatic heterocycles. The highest BCUT2D eigenvalue weighted by molar-refractivity contribution is 7.13. The van der Waals surface area contributed by atoms with Crippen molar-refractivity contribution in [2.45, 2.75) is 6.61 Å². The van der Waals surface area contributed by atoms with E-state index in [0.717, 1.165) is 21.5 Å². The first-order valence-electron chi connectivity index (χ1n) is 5.44. The summed E-state index contributed by atoms with van der Waals surface area (Å²) in [5.74, 6) is 0.731. The van der Waals surface area contributed by atoms with Crippen LogP contribution in [0.2, 0.25) is 0 Å². The maximum atomic E-state index is 5.74. The number of hydrogen-bond donors (Lipinski definition) is 0. The summed E-state index contributed by atoms with van der Waals surface area (Å²) < 4.78 is 11.2. The zero-order valence-electron chi connectivity index (χ0n) is 9.17. The van der Waals surface area contributed by atoms with Crippen molar-refractivity contribution in [2.75, 3.05) is 0 Å². The van der Waals surface area contributed by atoms with Crippen LogP contribution in [-0.4, -0.2) is 4.37 Å². The van der Waals surface area contributed by atoms with Gasteiger partial charge >= 0.3 is 0 Å². The largest absolute Gasteiger partial charge is 0.472 e. The third-order valence-corrected chi connectivity index (χ3v) is 3.37. The van der Waals surface area contributed by atoms with Gasteiger partial charge in [-0.2, -0.15) is 4.37 Å². The molecule has 17 heavy (non-hydrogen) atoms. The maximum absolute atomic E-state index is 5.74. The summed E-state index contributed by atoms with van der Waals surface area (Å²) >= 11 is 1.47. The Labute approximate surface area is 104 Å². The van der Waals surface area contributed by atoms with E-state index in [9.17, 15) is 0 Å². The van der Waals surface area contributed by atoms with Crippen molar-refractivity contribution >= 4 is 21.6 Å². The molecule has 0 unspecified atom stereocenters. The van der Waals surface area contributed by atoms with E-state index in [-0.39, 0.29) is 0 Å². The molecule has 0 N–H and O–H groups in total. The van der Waals surface area contributed by atoms with Gasteiger partial charge in [-0.3, -0.25) is 0 Å². The average Bonchev–Trinajstić information content (AvgIpc) is 2.81. The fourth-order valence-electron chi connectivity index (χ4n) is 1.69. The number of benzene rings is 2. The van der Waals surface area contributed by atoms with Crippen LogP contribution >= 0.6 is 11.5 Å². The van der Waals surface area contributed by atoms with Gasteiger partial charge in [-0.25, -0.2) is 0 Å². The number of ether oxygens (including phenoxy) is 1. The van der Waals surface area contributed by atoms with Crippen molar-refractivity contribution in [3.05, 3.63) is 60.2 Å². The quantitative estimate of drug-likeness (QED) is 0.694. The van der Waals surface area contributed by atoms with Gasteiger partial charge in [0.25, 0.3) is 0 Å². The van der Waals surface area contributed by atoms with E-state index < -0.39 is 0 Å². The van der Waals surface area contributed by atoms with Crippen molar-refractivity contribution in [1.82, 2.24) is 4.37 Å². The highest BCUT2D eigenvalue weighted by atomic mass is 32.1. The zero-order valence-corrected chi connectivity index (χ0v) is 9.98. The van der Waals surface area contributed by atoms with Gasteiger partial charge in [0.15, 0.2) is 0 Å². The highest BCUT2D eigenvalue weighted by Gasteiger charge is 2.05. The third-order valence-electron chi connectivity index (χ3n) is 2.56. The van der Waals surface area contributed by atoms with Crippen molar-refractivity contribution in [1.29, 1.82) is 0 Å². The minimum atomic E-state index is 0.564. The molecule has 3 rings (SSSR count). The molecule has 0 aliphatic heterocycles. The fourth-order valence-corrected chi connectivity index (χ4v) is 2.42. The van der Waals surface area contributed by atoms with Crippen LogP contribution in [0.4, 0.5) is 0 Å². The molecule has 3 heteroatoms. The molecule has 0 amide bonds. The first-order valence-corrected chi connectivity index (χ1v) is 6.22. The predicted molar refractivity (Wildman–Crippen MR) is 70.4 cm³/mol. The van der Waals surface area contributed by atoms with Gasteiger partial charge in [0.2, 0.25) is 5.88 Å². The predicted octanol–water partition coefficient (Wildman–Crippen LogP) is 3.88. The Hall–Kier alpha value is -1.87. The molecule has 0 radical (unpaired) electrons. The smallest absolute Gasteiger partial charge is 0.233 e. The van der Waals surface area contributed by atoms with Crippen LogP contribution in [0.5, 0.6) is 5.88 Å². The van der Waals surface area contributed by atoms with Crippen molar-refractivity contribution < 1.29 is 4.74 Å². The second-order valence-electron chi connectivity index (χ2n) is 3.76. The van der Waals surface area contributed by atoms with Crippen LogP contribution in [0.25, 0.3) is 10.1 Å². The summed E-state index contributed by atoms with van der Waals surface area (Å²) in [7, 11) is 0. The van der Waals surface area contributed by atoms with E-state index in [4.69, 9.17) is 4.74 Å². The van der Waals surface area contributed by atoms with Gasteiger partial charge in [-0.05, 0) is 29.2 Å². The lowest BCUT2D eigenvalue weighted by Gasteiger charge is -2.03. The second kappa shape index (κ2) is 4.55. The van der Waals surface area contributed by atoms with E-state index in [2.05, 4.69) is 22.6 Å². The minimum absolute atomic E-state index is 0.564. The monoisotopic (exact) mass is 241 g/mol. The molecule has 0 saturated carbocycles. The summed E-state index contributed by atoms with van der Waals surface area (Å²) in [6, 6.07) is 18.2. The lowest BCUT2D eigenvalue weighted by molar-refractivity contribution is 0.301. The maximum Gasteiger partial charge on any atom is 0.233 e. The van der Waals surface area contributed by atoms with Crippen molar-refractivity contribution in [3.8, 4) is 5.88 Å². The standard InChI is InChI=1S/C14H11NOS/c1-2-6-11(7-3-1)10-16-14-12-8-4-5-9-13(12)17-15-14/h1-9H,10H2. The lowest BCUT2D eigenvalue weighted by atomic mass is 10.2. The molecular weight excluding hydrogens is 230 g/mol.